The SMILES string of the molecule is CCN(C)C(=O)c1cc(C(C)N2CCCC2)cc2cccnc12. The molecule has 1 aromatic heterocycles. The molecule has 0 aliphatic carbocycles. The number of benzene rings is 1. The highest BCUT2D eigenvalue weighted by molar-refractivity contribution is 6.05. The minimum atomic E-state index is 0.0478. The molecule has 4 nitrogen and oxygen atoms in total. The quantitative estimate of drug-likeness (QED) is 0.867. The summed E-state index contributed by atoms with van der Waals surface area (Å²) >= 11 is 0. The summed E-state index contributed by atoms with van der Waals surface area (Å²) in [6.45, 7) is 7.21. The molecule has 1 amide bonds. The normalized spacial score (nSPS) is 16.7. The second kappa shape index (κ2) is 6.67. The predicted molar refractivity (Wildman–Crippen MR) is 93.6 cm³/mol. The first-order chi connectivity index (χ1) is 11.1. The number of hydrogen-bond donors (Lipinski definition) is 0. The third-order valence-electron chi connectivity index (χ3n) is 4.95. The van der Waals surface area contributed by atoms with Crippen LogP contribution in [0.4, 0.5) is 0 Å². The Morgan fingerprint density at radius 2 is 2.09 bits per heavy atom. The summed E-state index contributed by atoms with van der Waals surface area (Å²) in [5.74, 6) is 0.0478. The van der Waals surface area contributed by atoms with Crippen molar-refractivity contribution in [3.63, 3.8) is 0 Å². The monoisotopic (exact) mass is 311 g/mol. The molecule has 2 aromatic rings. The molecule has 1 aliphatic rings. The van der Waals surface area contributed by atoms with Crippen molar-refractivity contribution in [2.75, 3.05) is 26.7 Å². The molecule has 4 heteroatoms. The maximum atomic E-state index is 12.8. The molecule has 1 aromatic carbocycles. The summed E-state index contributed by atoms with van der Waals surface area (Å²) in [4.78, 5) is 21.5. The Labute approximate surface area is 138 Å². The second-order valence-corrected chi connectivity index (χ2v) is 6.38. The molecular weight excluding hydrogens is 286 g/mol. The Morgan fingerprint density at radius 1 is 1.35 bits per heavy atom. The Hall–Kier alpha value is -1.94. The summed E-state index contributed by atoms with van der Waals surface area (Å²) in [5, 5.41) is 1.05. The number of carbonyl (C=O) groups is 1. The number of pyridine rings is 1. The summed E-state index contributed by atoms with van der Waals surface area (Å²) in [5.41, 5.74) is 2.73. The Bertz CT molecular complexity index is 707. The molecule has 0 spiro atoms. The number of rotatable bonds is 4. The minimum absolute atomic E-state index is 0.0478. The Morgan fingerprint density at radius 3 is 2.78 bits per heavy atom. The van der Waals surface area contributed by atoms with Crippen molar-refractivity contribution >= 4 is 16.8 Å². The highest BCUT2D eigenvalue weighted by atomic mass is 16.2. The molecule has 3 rings (SSSR count). The van der Waals surface area contributed by atoms with E-state index in [0.29, 0.717) is 18.2 Å². The Kier molecular flexibility index (Phi) is 4.62. The summed E-state index contributed by atoms with van der Waals surface area (Å²) in [6.07, 6.45) is 4.29. The third-order valence-corrected chi connectivity index (χ3v) is 4.95. The zero-order valence-electron chi connectivity index (χ0n) is 14.2. The maximum absolute atomic E-state index is 12.8. The van der Waals surface area contributed by atoms with Crippen molar-refractivity contribution in [3.05, 3.63) is 41.6 Å². The summed E-state index contributed by atoms with van der Waals surface area (Å²) < 4.78 is 0. The van der Waals surface area contributed by atoms with Crippen molar-refractivity contribution in [3.8, 4) is 0 Å². The standard InChI is InChI=1S/C19H25N3O/c1-4-21(3)19(23)17-13-16(14(2)22-10-5-6-11-22)12-15-8-7-9-20-18(15)17/h7-9,12-14H,4-6,10-11H2,1-3H3. The van der Waals surface area contributed by atoms with Crippen molar-refractivity contribution < 1.29 is 4.79 Å². The number of aromatic nitrogens is 1. The van der Waals surface area contributed by atoms with E-state index in [1.165, 1.54) is 18.4 Å². The van der Waals surface area contributed by atoms with E-state index in [2.05, 4.69) is 22.9 Å². The van der Waals surface area contributed by atoms with E-state index in [-0.39, 0.29) is 5.91 Å². The first-order valence-electron chi connectivity index (χ1n) is 8.50. The number of likely N-dealkylation sites (tertiary alicyclic amines) is 1. The first-order valence-corrected chi connectivity index (χ1v) is 8.50. The van der Waals surface area contributed by atoms with Gasteiger partial charge < -0.3 is 4.90 Å². The lowest BCUT2D eigenvalue weighted by molar-refractivity contribution is 0.0804. The lowest BCUT2D eigenvalue weighted by atomic mass is 9.99. The fourth-order valence-corrected chi connectivity index (χ4v) is 3.31. The molecule has 0 N–H and O–H groups in total. The van der Waals surface area contributed by atoms with E-state index in [0.717, 1.165) is 24.0 Å². The van der Waals surface area contributed by atoms with Gasteiger partial charge >= 0.3 is 0 Å². The molecule has 2 heterocycles. The van der Waals surface area contributed by atoms with Crippen molar-refractivity contribution in [2.24, 2.45) is 0 Å². The Balaban J connectivity index is 2.08. The van der Waals surface area contributed by atoms with Gasteiger partial charge in [0.25, 0.3) is 5.91 Å². The summed E-state index contributed by atoms with van der Waals surface area (Å²) in [7, 11) is 1.84. The van der Waals surface area contributed by atoms with Gasteiger partial charge in [-0.3, -0.25) is 14.7 Å². The van der Waals surface area contributed by atoms with E-state index >= 15 is 0 Å². The predicted octanol–water partition coefficient (Wildman–Crippen LogP) is 3.48. The van der Waals surface area contributed by atoms with Crippen LogP contribution < -0.4 is 0 Å². The van der Waals surface area contributed by atoms with E-state index in [1.807, 2.05) is 32.2 Å². The largest absolute Gasteiger partial charge is 0.342 e. The molecule has 0 radical (unpaired) electrons. The zero-order chi connectivity index (χ0) is 16.4. The fraction of sp³-hybridized carbons (Fsp3) is 0.474. The van der Waals surface area contributed by atoms with Crippen LogP contribution in [0.3, 0.4) is 0 Å². The molecule has 122 valence electrons. The second-order valence-electron chi connectivity index (χ2n) is 6.38. The van der Waals surface area contributed by atoms with Crippen molar-refractivity contribution in [1.29, 1.82) is 0 Å². The zero-order valence-corrected chi connectivity index (χ0v) is 14.2. The number of fused-ring (bicyclic) bond motifs is 1. The van der Waals surface area contributed by atoms with Gasteiger partial charge in [0, 0.05) is 31.2 Å². The van der Waals surface area contributed by atoms with E-state index in [4.69, 9.17) is 0 Å². The van der Waals surface area contributed by atoms with Crippen LogP contribution in [0.1, 0.15) is 48.7 Å². The van der Waals surface area contributed by atoms with Gasteiger partial charge in [-0.2, -0.15) is 0 Å². The van der Waals surface area contributed by atoms with Crippen LogP contribution in [0, 0.1) is 0 Å². The molecule has 23 heavy (non-hydrogen) atoms. The average Bonchev–Trinajstić information content (AvgIpc) is 3.13. The maximum Gasteiger partial charge on any atom is 0.255 e. The molecule has 1 unspecified atom stereocenters. The third kappa shape index (κ3) is 3.08. The molecule has 0 saturated carbocycles. The smallest absolute Gasteiger partial charge is 0.255 e. The number of nitrogens with zero attached hydrogens (tertiary/aromatic N) is 3. The average molecular weight is 311 g/mol. The van der Waals surface area contributed by atoms with Crippen LogP contribution in [0.5, 0.6) is 0 Å². The number of carbonyl (C=O) groups excluding carboxylic acids is 1. The van der Waals surface area contributed by atoms with Crippen LogP contribution in [-0.4, -0.2) is 47.4 Å². The van der Waals surface area contributed by atoms with Crippen molar-refractivity contribution in [2.45, 2.75) is 32.7 Å². The van der Waals surface area contributed by atoms with E-state index in [1.54, 1.807) is 11.1 Å². The van der Waals surface area contributed by atoms with Gasteiger partial charge in [0.1, 0.15) is 0 Å². The van der Waals surface area contributed by atoms with Gasteiger partial charge in [-0.15, -0.1) is 0 Å². The van der Waals surface area contributed by atoms with Crippen LogP contribution >= 0.6 is 0 Å². The molecule has 1 fully saturated rings. The van der Waals surface area contributed by atoms with Gasteiger partial charge in [0.15, 0.2) is 0 Å². The highest BCUT2D eigenvalue weighted by Gasteiger charge is 2.22. The van der Waals surface area contributed by atoms with Crippen LogP contribution in [0.15, 0.2) is 30.5 Å². The molecule has 1 saturated heterocycles. The number of hydrogen-bond acceptors (Lipinski definition) is 3. The fourth-order valence-electron chi connectivity index (χ4n) is 3.31. The van der Waals surface area contributed by atoms with E-state index < -0.39 is 0 Å². The van der Waals surface area contributed by atoms with E-state index in [9.17, 15) is 4.79 Å². The number of amides is 1. The van der Waals surface area contributed by atoms with Gasteiger partial charge in [0.05, 0.1) is 11.1 Å². The van der Waals surface area contributed by atoms with Crippen LogP contribution in [0.25, 0.3) is 10.9 Å². The molecular formula is C19H25N3O. The van der Waals surface area contributed by atoms with Crippen LogP contribution in [-0.2, 0) is 0 Å². The van der Waals surface area contributed by atoms with Gasteiger partial charge in [-0.1, -0.05) is 6.07 Å². The molecule has 1 aliphatic heterocycles. The van der Waals surface area contributed by atoms with Gasteiger partial charge in [0.2, 0.25) is 0 Å². The van der Waals surface area contributed by atoms with Crippen molar-refractivity contribution in [1.82, 2.24) is 14.8 Å². The first kappa shape index (κ1) is 15.9. The minimum Gasteiger partial charge on any atom is -0.342 e. The van der Waals surface area contributed by atoms with Gasteiger partial charge in [-0.05, 0) is 63.5 Å². The molecule has 0 bridgehead atoms. The van der Waals surface area contributed by atoms with Gasteiger partial charge in [-0.25, -0.2) is 0 Å². The summed E-state index contributed by atoms with van der Waals surface area (Å²) in [6, 6.07) is 8.55. The molecule has 1 atom stereocenters. The lowest BCUT2D eigenvalue weighted by Gasteiger charge is -2.25. The lowest BCUT2D eigenvalue weighted by Crippen LogP contribution is -2.27. The highest BCUT2D eigenvalue weighted by Crippen LogP contribution is 2.29. The van der Waals surface area contributed by atoms with Crippen LogP contribution in [0.2, 0.25) is 0 Å². The topological polar surface area (TPSA) is 36.4 Å².